The highest BCUT2D eigenvalue weighted by Gasteiger charge is 2.31. The first kappa shape index (κ1) is 17.6. The molecule has 2 aromatic rings. The van der Waals surface area contributed by atoms with Crippen LogP contribution in [0.3, 0.4) is 0 Å². The number of nitrogens with one attached hydrogen (secondary N) is 2. The molecule has 0 aliphatic carbocycles. The van der Waals surface area contributed by atoms with Crippen LogP contribution in [0.1, 0.15) is 11.1 Å². The SMILES string of the molecule is O=S1(=O)NCc2c(N3CCNCC3)cccc2N1Cc1cccc(Cl)c1. The molecule has 4 rings (SSSR count). The first-order valence-corrected chi connectivity index (χ1v) is 10.5. The van der Waals surface area contributed by atoms with Gasteiger partial charge < -0.3 is 10.2 Å². The Morgan fingerprint density at radius 2 is 1.77 bits per heavy atom. The zero-order chi connectivity index (χ0) is 18.1. The average molecular weight is 393 g/mol. The van der Waals surface area contributed by atoms with E-state index in [1.165, 1.54) is 4.31 Å². The highest BCUT2D eigenvalue weighted by Crippen LogP contribution is 2.35. The third-order valence-electron chi connectivity index (χ3n) is 4.79. The fourth-order valence-electron chi connectivity index (χ4n) is 3.52. The van der Waals surface area contributed by atoms with Gasteiger partial charge in [-0.2, -0.15) is 13.1 Å². The zero-order valence-corrected chi connectivity index (χ0v) is 15.9. The van der Waals surface area contributed by atoms with Crippen LogP contribution in [0.15, 0.2) is 42.5 Å². The molecule has 0 saturated carbocycles. The van der Waals surface area contributed by atoms with Crippen molar-refractivity contribution in [2.45, 2.75) is 13.1 Å². The molecule has 0 radical (unpaired) electrons. The maximum atomic E-state index is 12.7. The molecule has 0 atom stereocenters. The van der Waals surface area contributed by atoms with E-state index in [0.29, 0.717) is 11.6 Å². The van der Waals surface area contributed by atoms with E-state index in [4.69, 9.17) is 11.6 Å². The van der Waals surface area contributed by atoms with Gasteiger partial charge in [-0.3, -0.25) is 4.31 Å². The number of anilines is 2. The summed E-state index contributed by atoms with van der Waals surface area (Å²) < 4.78 is 29.5. The van der Waals surface area contributed by atoms with E-state index in [0.717, 1.165) is 48.7 Å². The Bertz CT molecular complexity index is 913. The van der Waals surface area contributed by atoms with Gasteiger partial charge in [-0.15, -0.1) is 0 Å². The molecule has 1 fully saturated rings. The van der Waals surface area contributed by atoms with Crippen LogP contribution in [-0.4, -0.2) is 34.6 Å². The maximum Gasteiger partial charge on any atom is 0.302 e. The van der Waals surface area contributed by atoms with Crippen LogP contribution < -0.4 is 19.2 Å². The normalized spacial score (nSPS) is 19.3. The van der Waals surface area contributed by atoms with Gasteiger partial charge in [0.1, 0.15) is 0 Å². The molecular weight excluding hydrogens is 372 g/mol. The number of benzene rings is 2. The van der Waals surface area contributed by atoms with Crippen LogP contribution in [0.2, 0.25) is 5.02 Å². The standard InChI is InChI=1S/C18H21ClN4O2S/c19-15-4-1-3-14(11-15)13-23-18-6-2-5-17(22-9-7-20-8-10-22)16(18)12-21-26(23,24)25/h1-6,11,20-21H,7-10,12-13H2. The number of hydrogen-bond acceptors (Lipinski definition) is 4. The Labute approximate surface area is 158 Å². The lowest BCUT2D eigenvalue weighted by molar-refractivity contribution is 0.568. The lowest BCUT2D eigenvalue weighted by Gasteiger charge is -2.36. The average Bonchev–Trinajstić information content (AvgIpc) is 2.64. The third-order valence-corrected chi connectivity index (χ3v) is 6.44. The molecule has 6 nitrogen and oxygen atoms in total. The molecule has 0 amide bonds. The topological polar surface area (TPSA) is 64.7 Å². The molecule has 2 aliphatic heterocycles. The Morgan fingerprint density at radius 3 is 2.54 bits per heavy atom. The Hall–Kier alpha value is -1.80. The second-order valence-electron chi connectivity index (χ2n) is 6.47. The maximum absolute atomic E-state index is 12.7. The van der Waals surface area contributed by atoms with Gasteiger partial charge in [0.05, 0.1) is 12.2 Å². The van der Waals surface area contributed by atoms with Crippen molar-refractivity contribution in [1.82, 2.24) is 10.0 Å². The quantitative estimate of drug-likeness (QED) is 0.839. The van der Waals surface area contributed by atoms with Crippen molar-refractivity contribution >= 4 is 33.2 Å². The van der Waals surface area contributed by atoms with Gasteiger partial charge >= 0.3 is 10.2 Å². The summed E-state index contributed by atoms with van der Waals surface area (Å²) in [7, 11) is -3.59. The molecule has 2 aliphatic rings. The van der Waals surface area contributed by atoms with Crippen LogP contribution >= 0.6 is 11.6 Å². The molecule has 0 aromatic heterocycles. The minimum absolute atomic E-state index is 0.244. The van der Waals surface area contributed by atoms with Gasteiger partial charge in [-0.25, -0.2) is 0 Å². The van der Waals surface area contributed by atoms with Crippen molar-refractivity contribution in [2.75, 3.05) is 35.4 Å². The van der Waals surface area contributed by atoms with Gasteiger partial charge in [-0.1, -0.05) is 29.8 Å². The summed E-state index contributed by atoms with van der Waals surface area (Å²) in [5.74, 6) is 0. The minimum Gasteiger partial charge on any atom is -0.369 e. The minimum atomic E-state index is -3.59. The van der Waals surface area contributed by atoms with E-state index in [1.807, 2.05) is 24.3 Å². The fourth-order valence-corrected chi connectivity index (χ4v) is 4.97. The van der Waals surface area contributed by atoms with E-state index in [-0.39, 0.29) is 6.54 Å². The molecule has 138 valence electrons. The van der Waals surface area contributed by atoms with E-state index < -0.39 is 10.2 Å². The van der Waals surface area contributed by atoms with Crippen LogP contribution in [0.25, 0.3) is 0 Å². The first-order chi connectivity index (χ1) is 12.5. The largest absolute Gasteiger partial charge is 0.369 e. The third kappa shape index (κ3) is 3.40. The van der Waals surface area contributed by atoms with Crippen molar-refractivity contribution in [1.29, 1.82) is 0 Å². The van der Waals surface area contributed by atoms with E-state index >= 15 is 0 Å². The highest BCUT2D eigenvalue weighted by atomic mass is 35.5. The van der Waals surface area contributed by atoms with Gasteiger partial charge in [0.15, 0.2) is 0 Å². The molecule has 8 heteroatoms. The van der Waals surface area contributed by atoms with Gasteiger partial charge in [0.25, 0.3) is 0 Å². The van der Waals surface area contributed by atoms with Gasteiger partial charge in [-0.05, 0) is 29.8 Å². The van der Waals surface area contributed by atoms with Crippen LogP contribution in [0.5, 0.6) is 0 Å². The molecule has 26 heavy (non-hydrogen) atoms. The number of piperazine rings is 1. The summed E-state index contributed by atoms with van der Waals surface area (Å²) in [4.78, 5) is 2.31. The second-order valence-corrected chi connectivity index (χ2v) is 8.59. The summed E-state index contributed by atoms with van der Waals surface area (Å²) in [6.07, 6.45) is 0. The van der Waals surface area contributed by atoms with E-state index in [1.54, 1.807) is 12.1 Å². The van der Waals surface area contributed by atoms with Crippen molar-refractivity contribution in [2.24, 2.45) is 0 Å². The Kier molecular flexibility index (Phi) is 4.79. The number of rotatable bonds is 3. The van der Waals surface area contributed by atoms with Crippen LogP contribution in [0, 0.1) is 0 Å². The zero-order valence-electron chi connectivity index (χ0n) is 14.3. The smallest absolute Gasteiger partial charge is 0.302 e. The molecule has 0 spiro atoms. The monoisotopic (exact) mass is 392 g/mol. The predicted molar refractivity (Wildman–Crippen MR) is 105 cm³/mol. The lowest BCUT2D eigenvalue weighted by Crippen LogP contribution is -2.47. The van der Waals surface area contributed by atoms with E-state index in [9.17, 15) is 8.42 Å². The van der Waals surface area contributed by atoms with Crippen LogP contribution in [-0.2, 0) is 23.3 Å². The molecule has 2 N–H and O–H groups in total. The molecule has 0 bridgehead atoms. The summed E-state index contributed by atoms with van der Waals surface area (Å²) in [6.45, 7) is 4.25. The molecular formula is C18H21ClN4O2S. The van der Waals surface area contributed by atoms with Crippen molar-refractivity contribution in [3.05, 3.63) is 58.6 Å². The second kappa shape index (κ2) is 7.08. The number of nitrogens with zero attached hydrogens (tertiary/aromatic N) is 2. The Balaban J connectivity index is 1.73. The lowest BCUT2D eigenvalue weighted by atomic mass is 10.1. The van der Waals surface area contributed by atoms with Crippen molar-refractivity contribution < 1.29 is 8.42 Å². The summed E-state index contributed by atoms with van der Waals surface area (Å²) in [5.41, 5.74) is 3.71. The van der Waals surface area contributed by atoms with Crippen molar-refractivity contribution in [3.8, 4) is 0 Å². The van der Waals surface area contributed by atoms with Gasteiger partial charge in [0, 0.05) is 49.0 Å². The first-order valence-electron chi connectivity index (χ1n) is 8.64. The van der Waals surface area contributed by atoms with E-state index in [2.05, 4.69) is 21.0 Å². The number of fused-ring (bicyclic) bond motifs is 1. The number of hydrogen-bond donors (Lipinski definition) is 2. The van der Waals surface area contributed by atoms with Crippen LogP contribution in [0.4, 0.5) is 11.4 Å². The molecule has 2 aromatic carbocycles. The summed E-state index contributed by atoms with van der Waals surface area (Å²) in [6, 6.07) is 13.2. The molecule has 2 heterocycles. The Morgan fingerprint density at radius 1 is 1.04 bits per heavy atom. The predicted octanol–water partition coefficient (Wildman–Crippen LogP) is 2.10. The highest BCUT2D eigenvalue weighted by molar-refractivity contribution is 7.90. The molecule has 0 unspecified atom stereocenters. The van der Waals surface area contributed by atoms with Gasteiger partial charge in [0.2, 0.25) is 0 Å². The van der Waals surface area contributed by atoms with Crippen molar-refractivity contribution in [3.63, 3.8) is 0 Å². The molecule has 1 saturated heterocycles. The summed E-state index contributed by atoms with van der Waals surface area (Å²) >= 11 is 6.06. The number of halogens is 1. The fraction of sp³-hybridized carbons (Fsp3) is 0.333. The summed E-state index contributed by atoms with van der Waals surface area (Å²) in [5, 5.41) is 3.95.